The number of carbonyl (C=O) groups excluding carboxylic acids is 2. The smallest absolute Gasteiger partial charge is 0.338 e. The highest BCUT2D eigenvalue weighted by Gasteiger charge is 2.22. The molecule has 0 radical (unpaired) electrons. The predicted octanol–water partition coefficient (Wildman–Crippen LogP) is 3.34. The van der Waals surface area contributed by atoms with E-state index in [1.54, 1.807) is 18.2 Å². The maximum Gasteiger partial charge on any atom is 0.338 e. The Morgan fingerprint density at radius 1 is 1.16 bits per heavy atom. The van der Waals surface area contributed by atoms with E-state index in [4.69, 9.17) is 4.74 Å². The number of anilines is 1. The number of hydrogen-bond donors (Lipinski definition) is 1. The molecule has 1 atom stereocenters. The lowest BCUT2D eigenvalue weighted by molar-refractivity contribution is -0.383. The number of nitrogens with zero attached hydrogens (tertiary/aromatic N) is 1. The Balaban J connectivity index is 2.02. The summed E-state index contributed by atoms with van der Waals surface area (Å²) in [4.78, 5) is 34.6. The molecular formula is C18H18N2O5. The zero-order chi connectivity index (χ0) is 18.4. The molecule has 0 unspecified atom stereocenters. The molecule has 0 fully saturated rings. The number of ether oxygens (including phenoxy) is 1. The number of aryl methyl sites for hydroxylation is 1. The highest BCUT2D eigenvalue weighted by Crippen LogP contribution is 2.23. The Kier molecular flexibility index (Phi) is 5.84. The second kappa shape index (κ2) is 8.05. The number of carbonyl (C=O) groups is 2. The van der Waals surface area contributed by atoms with Crippen LogP contribution in [0.4, 0.5) is 11.4 Å². The number of nitrogens with one attached hydrogen (secondary N) is 1. The van der Waals surface area contributed by atoms with Crippen LogP contribution in [0.2, 0.25) is 0 Å². The molecule has 0 heterocycles. The first-order valence-corrected chi connectivity index (χ1v) is 7.76. The van der Waals surface area contributed by atoms with Crippen molar-refractivity contribution < 1.29 is 19.2 Å². The summed E-state index contributed by atoms with van der Waals surface area (Å²) < 4.78 is 5.12. The summed E-state index contributed by atoms with van der Waals surface area (Å²) in [6.07, 6.45) is -0.248. The SMILES string of the molecule is CCc1ccc(C(=O)O[C@H](C)C(=O)Nc2ccccc2[N+](=O)[O-])cc1. The van der Waals surface area contributed by atoms with E-state index in [9.17, 15) is 19.7 Å². The summed E-state index contributed by atoms with van der Waals surface area (Å²) in [7, 11) is 0. The summed E-state index contributed by atoms with van der Waals surface area (Å²) in [6, 6.07) is 12.6. The van der Waals surface area contributed by atoms with Gasteiger partial charge in [-0.1, -0.05) is 31.2 Å². The van der Waals surface area contributed by atoms with E-state index in [-0.39, 0.29) is 11.4 Å². The lowest BCUT2D eigenvalue weighted by atomic mass is 10.1. The minimum atomic E-state index is -1.10. The van der Waals surface area contributed by atoms with Gasteiger partial charge in [0.05, 0.1) is 10.5 Å². The number of esters is 1. The van der Waals surface area contributed by atoms with Gasteiger partial charge in [-0.3, -0.25) is 14.9 Å². The molecular weight excluding hydrogens is 324 g/mol. The molecule has 1 amide bonds. The number of nitro benzene ring substituents is 1. The van der Waals surface area contributed by atoms with Crippen LogP contribution in [0, 0.1) is 10.1 Å². The van der Waals surface area contributed by atoms with Crippen LogP contribution < -0.4 is 5.32 Å². The zero-order valence-electron chi connectivity index (χ0n) is 13.9. The lowest BCUT2D eigenvalue weighted by Gasteiger charge is -2.13. The fourth-order valence-corrected chi connectivity index (χ4v) is 2.13. The third-order valence-corrected chi connectivity index (χ3v) is 3.61. The third-order valence-electron chi connectivity index (χ3n) is 3.61. The average molecular weight is 342 g/mol. The van der Waals surface area contributed by atoms with Gasteiger partial charge >= 0.3 is 5.97 Å². The maximum atomic E-state index is 12.1. The first-order chi connectivity index (χ1) is 11.9. The average Bonchev–Trinajstić information content (AvgIpc) is 2.61. The zero-order valence-corrected chi connectivity index (χ0v) is 13.9. The predicted molar refractivity (Wildman–Crippen MR) is 92.4 cm³/mol. The Hall–Kier alpha value is -3.22. The molecule has 2 aromatic carbocycles. The molecule has 0 bridgehead atoms. The Morgan fingerprint density at radius 2 is 1.80 bits per heavy atom. The van der Waals surface area contributed by atoms with Gasteiger partial charge in [0.25, 0.3) is 11.6 Å². The summed E-state index contributed by atoms with van der Waals surface area (Å²) in [5, 5.41) is 13.4. The molecule has 0 spiro atoms. The van der Waals surface area contributed by atoms with Crippen LogP contribution in [0.3, 0.4) is 0 Å². The maximum absolute atomic E-state index is 12.1. The molecule has 0 aromatic heterocycles. The fourth-order valence-electron chi connectivity index (χ4n) is 2.13. The molecule has 0 saturated heterocycles. The molecule has 0 aliphatic heterocycles. The van der Waals surface area contributed by atoms with Crippen LogP contribution >= 0.6 is 0 Å². The summed E-state index contributed by atoms with van der Waals surface area (Å²) >= 11 is 0. The lowest BCUT2D eigenvalue weighted by Crippen LogP contribution is -2.30. The van der Waals surface area contributed by atoms with Crippen molar-refractivity contribution in [1.29, 1.82) is 0 Å². The van der Waals surface area contributed by atoms with Gasteiger partial charge in [0.2, 0.25) is 0 Å². The van der Waals surface area contributed by atoms with Gasteiger partial charge in [-0.05, 0) is 37.1 Å². The summed E-state index contributed by atoms with van der Waals surface area (Å²) in [5.41, 5.74) is 1.23. The quantitative estimate of drug-likeness (QED) is 0.493. The Bertz CT molecular complexity index is 786. The number of para-hydroxylation sites is 2. The van der Waals surface area contributed by atoms with Gasteiger partial charge in [-0.15, -0.1) is 0 Å². The second-order valence-electron chi connectivity index (χ2n) is 5.36. The molecule has 7 heteroatoms. The molecule has 2 aromatic rings. The molecule has 7 nitrogen and oxygen atoms in total. The standard InChI is InChI=1S/C18H18N2O5/c1-3-13-8-10-14(11-9-13)18(22)25-12(2)17(21)19-15-6-4-5-7-16(15)20(23)24/h4-12H,3H2,1-2H3,(H,19,21)/t12-/m1/s1. The highest BCUT2D eigenvalue weighted by molar-refractivity contribution is 5.98. The van der Waals surface area contributed by atoms with Crippen LogP contribution in [0.15, 0.2) is 48.5 Å². The normalized spacial score (nSPS) is 11.4. The second-order valence-corrected chi connectivity index (χ2v) is 5.36. The molecule has 0 aliphatic carbocycles. The molecule has 130 valence electrons. The van der Waals surface area contributed by atoms with Gasteiger partial charge in [-0.2, -0.15) is 0 Å². The number of amides is 1. The van der Waals surface area contributed by atoms with Crippen molar-refractivity contribution in [2.75, 3.05) is 5.32 Å². The van der Waals surface area contributed by atoms with Crippen molar-refractivity contribution in [3.05, 3.63) is 69.8 Å². The van der Waals surface area contributed by atoms with Crippen molar-refractivity contribution in [2.45, 2.75) is 26.4 Å². The molecule has 0 saturated carbocycles. The topological polar surface area (TPSA) is 98.5 Å². The largest absolute Gasteiger partial charge is 0.449 e. The van der Waals surface area contributed by atoms with Crippen molar-refractivity contribution in [1.82, 2.24) is 0 Å². The van der Waals surface area contributed by atoms with Crippen LogP contribution in [0.5, 0.6) is 0 Å². The number of rotatable bonds is 6. The van der Waals surface area contributed by atoms with Gasteiger partial charge in [0.1, 0.15) is 5.69 Å². The molecule has 2 rings (SSSR count). The highest BCUT2D eigenvalue weighted by atomic mass is 16.6. The minimum Gasteiger partial charge on any atom is -0.449 e. The van der Waals surface area contributed by atoms with Gasteiger partial charge < -0.3 is 10.1 Å². The number of hydrogen-bond acceptors (Lipinski definition) is 5. The monoisotopic (exact) mass is 342 g/mol. The van der Waals surface area contributed by atoms with Crippen LogP contribution in [0.25, 0.3) is 0 Å². The van der Waals surface area contributed by atoms with E-state index in [0.717, 1.165) is 12.0 Å². The van der Waals surface area contributed by atoms with E-state index in [1.807, 2.05) is 19.1 Å². The first kappa shape index (κ1) is 18.1. The van der Waals surface area contributed by atoms with Crippen molar-refractivity contribution in [3.8, 4) is 0 Å². The Labute approximate surface area is 144 Å². The third kappa shape index (κ3) is 4.63. The van der Waals surface area contributed by atoms with Gasteiger partial charge in [0.15, 0.2) is 6.10 Å². The van der Waals surface area contributed by atoms with Crippen LogP contribution in [-0.4, -0.2) is 22.9 Å². The van der Waals surface area contributed by atoms with E-state index in [2.05, 4.69) is 5.32 Å². The van der Waals surface area contributed by atoms with Crippen molar-refractivity contribution in [2.24, 2.45) is 0 Å². The molecule has 1 N–H and O–H groups in total. The minimum absolute atomic E-state index is 0.0488. The molecule has 0 aliphatic rings. The summed E-state index contributed by atoms with van der Waals surface area (Å²) in [5.74, 6) is -1.28. The number of benzene rings is 2. The Morgan fingerprint density at radius 3 is 2.40 bits per heavy atom. The van der Waals surface area contributed by atoms with Crippen molar-refractivity contribution >= 4 is 23.3 Å². The van der Waals surface area contributed by atoms with E-state index < -0.39 is 22.9 Å². The summed E-state index contributed by atoms with van der Waals surface area (Å²) in [6.45, 7) is 3.41. The van der Waals surface area contributed by atoms with Crippen LogP contribution in [-0.2, 0) is 16.0 Å². The number of nitro groups is 1. The van der Waals surface area contributed by atoms with E-state index >= 15 is 0 Å². The fraction of sp³-hybridized carbons (Fsp3) is 0.222. The van der Waals surface area contributed by atoms with E-state index in [0.29, 0.717) is 5.56 Å². The van der Waals surface area contributed by atoms with Crippen LogP contribution in [0.1, 0.15) is 29.8 Å². The molecule has 25 heavy (non-hydrogen) atoms. The van der Waals surface area contributed by atoms with E-state index in [1.165, 1.54) is 25.1 Å². The van der Waals surface area contributed by atoms with Crippen molar-refractivity contribution in [3.63, 3.8) is 0 Å². The van der Waals surface area contributed by atoms with Gasteiger partial charge in [-0.25, -0.2) is 4.79 Å². The first-order valence-electron chi connectivity index (χ1n) is 7.76. The van der Waals surface area contributed by atoms with Gasteiger partial charge in [0, 0.05) is 6.07 Å².